The van der Waals surface area contributed by atoms with Crippen LogP contribution in [-0.2, 0) is 11.3 Å². The van der Waals surface area contributed by atoms with E-state index < -0.39 is 5.97 Å². The van der Waals surface area contributed by atoms with Gasteiger partial charge < -0.3 is 10.4 Å². The molecule has 0 saturated carbocycles. The van der Waals surface area contributed by atoms with Gasteiger partial charge in [-0.3, -0.25) is 9.48 Å². The van der Waals surface area contributed by atoms with Crippen LogP contribution in [0.5, 0.6) is 0 Å². The van der Waals surface area contributed by atoms with Crippen molar-refractivity contribution in [2.24, 2.45) is 0 Å². The molecule has 0 saturated heterocycles. The van der Waals surface area contributed by atoms with Gasteiger partial charge >= 0.3 is 5.97 Å². The van der Waals surface area contributed by atoms with Crippen molar-refractivity contribution in [3.63, 3.8) is 0 Å². The second-order valence-corrected chi connectivity index (χ2v) is 3.86. The fourth-order valence-electron chi connectivity index (χ4n) is 1.32. The fourth-order valence-corrected chi connectivity index (χ4v) is 1.32. The fraction of sp³-hybridized carbons (Fsp3) is 0.636. The Bertz CT molecular complexity index is 336. The van der Waals surface area contributed by atoms with E-state index in [1.165, 1.54) is 0 Å². The zero-order chi connectivity index (χ0) is 12.0. The predicted octanol–water partition coefficient (Wildman–Crippen LogP) is 1.42. The number of carbonyl (C=O) groups is 1. The molecule has 0 amide bonds. The van der Waals surface area contributed by atoms with Gasteiger partial charge in [0.25, 0.3) is 0 Å². The molecule has 1 aromatic heterocycles. The van der Waals surface area contributed by atoms with Gasteiger partial charge in [-0.25, -0.2) is 0 Å². The number of nitrogens with zero attached hydrogens (tertiary/aromatic N) is 2. The van der Waals surface area contributed by atoms with Gasteiger partial charge in [-0.15, -0.1) is 0 Å². The number of hydrogen-bond donors (Lipinski definition) is 2. The molecule has 16 heavy (non-hydrogen) atoms. The standard InChI is InChI=1S/C11H19N3O2/c1-3-9(2)14-7-5-10(13-14)8-12-6-4-11(15)16/h5,7,9,12H,3-4,6,8H2,1-2H3,(H,15,16). The van der Waals surface area contributed by atoms with E-state index in [-0.39, 0.29) is 6.42 Å². The van der Waals surface area contributed by atoms with Crippen molar-refractivity contribution in [3.8, 4) is 0 Å². The molecule has 1 atom stereocenters. The molecule has 0 aliphatic heterocycles. The lowest BCUT2D eigenvalue weighted by molar-refractivity contribution is -0.136. The zero-order valence-electron chi connectivity index (χ0n) is 9.81. The average molecular weight is 225 g/mol. The third kappa shape index (κ3) is 4.02. The number of carboxylic acid groups (broad SMARTS) is 1. The van der Waals surface area contributed by atoms with Crippen LogP contribution < -0.4 is 5.32 Å². The van der Waals surface area contributed by atoms with Crippen LogP contribution in [0.15, 0.2) is 12.3 Å². The summed E-state index contributed by atoms with van der Waals surface area (Å²) in [5, 5.41) is 15.9. The smallest absolute Gasteiger partial charge is 0.304 e. The highest BCUT2D eigenvalue weighted by atomic mass is 16.4. The first-order chi connectivity index (χ1) is 7.63. The van der Waals surface area contributed by atoms with Crippen LogP contribution in [0, 0.1) is 0 Å². The molecule has 0 aliphatic carbocycles. The molecule has 90 valence electrons. The highest BCUT2D eigenvalue weighted by Crippen LogP contribution is 2.08. The van der Waals surface area contributed by atoms with Crippen LogP contribution in [0.4, 0.5) is 0 Å². The van der Waals surface area contributed by atoms with Crippen LogP contribution in [0.3, 0.4) is 0 Å². The predicted molar refractivity (Wildman–Crippen MR) is 61.2 cm³/mol. The minimum atomic E-state index is -0.780. The van der Waals surface area contributed by atoms with Gasteiger partial charge in [0.2, 0.25) is 0 Å². The largest absolute Gasteiger partial charge is 0.481 e. The number of rotatable bonds is 7. The van der Waals surface area contributed by atoms with Gasteiger partial charge in [-0.1, -0.05) is 6.92 Å². The maximum atomic E-state index is 10.3. The maximum absolute atomic E-state index is 10.3. The Labute approximate surface area is 95.5 Å². The molecule has 1 rings (SSSR count). The van der Waals surface area contributed by atoms with E-state index in [1.54, 1.807) is 0 Å². The van der Waals surface area contributed by atoms with Gasteiger partial charge in [-0.2, -0.15) is 5.10 Å². The van der Waals surface area contributed by atoms with E-state index in [9.17, 15) is 4.79 Å². The van der Waals surface area contributed by atoms with Crippen LogP contribution >= 0.6 is 0 Å². The molecule has 5 nitrogen and oxygen atoms in total. The molecule has 0 aliphatic rings. The van der Waals surface area contributed by atoms with Crippen molar-refractivity contribution in [1.29, 1.82) is 0 Å². The van der Waals surface area contributed by atoms with Crippen LogP contribution in [0.1, 0.15) is 38.4 Å². The molecule has 0 radical (unpaired) electrons. The SMILES string of the molecule is CCC(C)n1ccc(CNCCC(=O)O)n1. The number of hydrogen-bond acceptors (Lipinski definition) is 3. The summed E-state index contributed by atoms with van der Waals surface area (Å²) in [5.41, 5.74) is 0.950. The number of aliphatic carboxylic acids is 1. The molecule has 5 heteroatoms. The van der Waals surface area contributed by atoms with Gasteiger partial charge in [0.05, 0.1) is 12.1 Å². The zero-order valence-corrected chi connectivity index (χ0v) is 9.81. The highest BCUT2D eigenvalue weighted by Gasteiger charge is 2.04. The Hall–Kier alpha value is -1.36. The summed E-state index contributed by atoms with van der Waals surface area (Å²) in [6.45, 7) is 5.34. The number of aromatic nitrogens is 2. The highest BCUT2D eigenvalue weighted by molar-refractivity contribution is 5.66. The number of carboxylic acids is 1. The minimum Gasteiger partial charge on any atom is -0.481 e. The summed E-state index contributed by atoms with van der Waals surface area (Å²) in [7, 11) is 0. The molecular formula is C11H19N3O2. The molecule has 0 fully saturated rings. The third-order valence-corrected chi connectivity index (χ3v) is 2.53. The van der Waals surface area contributed by atoms with Gasteiger partial charge in [0.15, 0.2) is 0 Å². The third-order valence-electron chi connectivity index (χ3n) is 2.53. The summed E-state index contributed by atoms with van der Waals surface area (Å²) in [6, 6.07) is 2.37. The Morgan fingerprint density at radius 1 is 1.69 bits per heavy atom. The van der Waals surface area contributed by atoms with E-state index in [2.05, 4.69) is 24.3 Å². The first-order valence-electron chi connectivity index (χ1n) is 5.60. The van der Waals surface area contributed by atoms with Gasteiger partial charge in [0, 0.05) is 25.3 Å². The van der Waals surface area contributed by atoms with E-state index in [0.29, 0.717) is 19.1 Å². The molecule has 0 aromatic carbocycles. The summed E-state index contributed by atoms with van der Waals surface area (Å²) < 4.78 is 1.94. The van der Waals surface area contributed by atoms with Crippen molar-refractivity contribution >= 4 is 5.97 Å². The number of nitrogens with one attached hydrogen (secondary N) is 1. The van der Waals surface area contributed by atoms with Crippen molar-refractivity contribution in [2.45, 2.75) is 39.3 Å². The summed E-state index contributed by atoms with van der Waals surface area (Å²) in [4.78, 5) is 10.3. The van der Waals surface area contributed by atoms with E-state index in [1.807, 2.05) is 16.9 Å². The minimum absolute atomic E-state index is 0.145. The van der Waals surface area contributed by atoms with Crippen LogP contribution in [-0.4, -0.2) is 27.4 Å². The quantitative estimate of drug-likeness (QED) is 0.689. The lowest BCUT2D eigenvalue weighted by atomic mass is 10.3. The first-order valence-corrected chi connectivity index (χ1v) is 5.60. The normalized spacial score (nSPS) is 12.6. The lowest BCUT2D eigenvalue weighted by Gasteiger charge is -2.08. The molecule has 1 heterocycles. The van der Waals surface area contributed by atoms with E-state index in [4.69, 9.17) is 5.11 Å². The van der Waals surface area contributed by atoms with Crippen molar-refractivity contribution in [1.82, 2.24) is 15.1 Å². The van der Waals surface area contributed by atoms with Crippen molar-refractivity contribution in [3.05, 3.63) is 18.0 Å². The summed E-state index contributed by atoms with van der Waals surface area (Å²) in [6.07, 6.45) is 3.15. The van der Waals surface area contributed by atoms with E-state index in [0.717, 1.165) is 12.1 Å². The first kappa shape index (κ1) is 12.7. The molecule has 0 bridgehead atoms. The second kappa shape index (κ2) is 6.27. The molecule has 1 unspecified atom stereocenters. The Morgan fingerprint density at radius 3 is 3.06 bits per heavy atom. The molecular weight excluding hydrogens is 206 g/mol. The Balaban J connectivity index is 2.32. The monoisotopic (exact) mass is 225 g/mol. The van der Waals surface area contributed by atoms with Gasteiger partial charge in [0.1, 0.15) is 0 Å². The topological polar surface area (TPSA) is 67.2 Å². The van der Waals surface area contributed by atoms with E-state index >= 15 is 0 Å². The van der Waals surface area contributed by atoms with Crippen LogP contribution in [0.2, 0.25) is 0 Å². The molecule has 0 spiro atoms. The van der Waals surface area contributed by atoms with Crippen molar-refractivity contribution < 1.29 is 9.90 Å². The molecule has 2 N–H and O–H groups in total. The average Bonchev–Trinajstić information content (AvgIpc) is 2.71. The lowest BCUT2D eigenvalue weighted by Crippen LogP contribution is -2.18. The van der Waals surface area contributed by atoms with Crippen LogP contribution in [0.25, 0.3) is 0 Å². The Kier molecular flexibility index (Phi) is 4.98. The summed E-state index contributed by atoms with van der Waals surface area (Å²) >= 11 is 0. The second-order valence-electron chi connectivity index (χ2n) is 3.86. The maximum Gasteiger partial charge on any atom is 0.304 e. The van der Waals surface area contributed by atoms with Gasteiger partial charge in [-0.05, 0) is 19.4 Å². The molecule has 1 aromatic rings. The van der Waals surface area contributed by atoms with Crippen molar-refractivity contribution in [2.75, 3.05) is 6.54 Å². The summed E-state index contributed by atoms with van der Waals surface area (Å²) in [5.74, 6) is -0.780. The Morgan fingerprint density at radius 2 is 2.44 bits per heavy atom.